The summed E-state index contributed by atoms with van der Waals surface area (Å²) < 4.78 is 14.1. The van der Waals surface area contributed by atoms with Crippen molar-refractivity contribution in [2.45, 2.75) is 26.3 Å². The fraction of sp³-hybridized carbons (Fsp3) is 0.294. The number of hydrogen-bond donors (Lipinski definition) is 1. The molecule has 0 atom stereocenters. The van der Waals surface area contributed by atoms with Gasteiger partial charge < -0.3 is 5.32 Å². The summed E-state index contributed by atoms with van der Waals surface area (Å²) in [6.45, 7) is 4.99. The van der Waals surface area contributed by atoms with Gasteiger partial charge in [-0.1, -0.05) is 50.2 Å². The van der Waals surface area contributed by atoms with Gasteiger partial charge in [-0.3, -0.25) is 0 Å². The number of rotatable bonds is 4. The molecule has 0 aliphatic carbocycles. The van der Waals surface area contributed by atoms with Crippen LogP contribution in [0, 0.1) is 5.82 Å². The lowest BCUT2D eigenvalue weighted by molar-refractivity contribution is 0.627. The molecular formula is C17H20FN. The van der Waals surface area contributed by atoms with Crippen molar-refractivity contribution in [2.75, 3.05) is 7.05 Å². The molecule has 2 aromatic rings. The van der Waals surface area contributed by atoms with Crippen molar-refractivity contribution >= 4 is 0 Å². The van der Waals surface area contributed by atoms with Crippen LogP contribution in [0.25, 0.3) is 11.1 Å². The van der Waals surface area contributed by atoms with E-state index in [2.05, 4.69) is 31.3 Å². The van der Waals surface area contributed by atoms with Gasteiger partial charge in [-0.25, -0.2) is 4.39 Å². The average Bonchev–Trinajstić information content (AvgIpc) is 2.39. The van der Waals surface area contributed by atoms with Crippen LogP contribution in [-0.2, 0) is 6.54 Å². The summed E-state index contributed by atoms with van der Waals surface area (Å²) in [4.78, 5) is 0. The van der Waals surface area contributed by atoms with Crippen molar-refractivity contribution < 1.29 is 4.39 Å². The third kappa shape index (κ3) is 3.21. The molecule has 0 fully saturated rings. The van der Waals surface area contributed by atoms with Crippen LogP contribution in [0.3, 0.4) is 0 Å². The first-order valence-electron chi connectivity index (χ1n) is 6.65. The van der Waals surface area contributed by atoms with Crippen molar-refractivity contribution in [2.24, 2.45) is 0 Å². The van der Waals surface area contributed by atoms with E-state index >= 15 is 0 Å². The fourth-order valence-electron chi connectivity index (χ4n) is 2.15. The molecule has 0 aliphatic rings. The predicted molar refractivity (Wildman–Crippen MR) is 78.7 cm³/mol. The van der Waals surface area contributed by atoms with Crippen LogP contribution < -0.4 is 5.32 Å². The molecule has 100 valence electrons. The van der Waals surface area contributed by atoms with Crippen LogP contribution in [-0.4, -0.2) is 7.05 Å². The molecule has 2 rings (SSSR count). The van der Waals surface area contributed by atoms with E-state index in [1.165, 1.54) is 5.56 Å². The van der Waals surface area contributed by atoms with E-state index in [-0.39, 0.29) is 5.82 Å². The summed E-state index contributed by atoms with van der Waals surface area (Å²) in [5.74, 6) is 0.335. The van der Waals surface area contributed by atoms with Crippen LogP contribution >= 0.6 is 0 Å². The number of hydrogen-bond acceptors (Lipinski definition) is 1. The Hall–Kier alpha value is -1.67. The highest BCUT2D eigenvalue weighted by atomic mass is 19.1. The third-order valence-corrected chi connectivity index (χ3v) is 3.30. The smallest absolute Gasteiger partial charge is 0.131 e. The van der Waals surface area contributed by atoms with Gasteiger partial charge in [0.2, 0.25) is 0 Å². The minimum atomic E-state index is -0.162. The maximum atomic E-state index is 14.1. The largest absolute Gasteiger partial charge is 0.316 e. The zero-order valence-electron chi connectivity index (χ0n) is 11.7. The highest BCUT2D eigenvalue weighted by Crippen LogP contribution is 2.25. The topological polar surface area (TPSA) is 12.0 Å². The van der Waals surface area contributed by atoms with Crippen molar-refractivity contribution in [1.82, 2.24) is 5.32 Å². The highest BCUT2D eigenvalue weighted by Gasteiger charge is 2.07. The Bertz CT molecular complexity index is 544. The molecule has 19 heavy (non-hydrogen) atoms. The van der Waals surface area contributed by atoms with E-state index < -0.39 is 0 Å². The Balaban J connectivity index is 2.31. The molecule has 2 aromatic carbocycles. The van der Waals surface area contributed by atoms with Crippen LogP contribution in [0.5, 0.6) is 0 Å². The lowest BCUT2D eigenvalue weighted by atomic mass is 9.98. The summed E-state index contributed by atoms with van der Waals surface area (Å²) in [6, 6.07) is 13.5. The van der Waals surface area contributed by atoms with Gasteiger partial charge in [0.25, 0.3) is 0 Å². The average molecular weight is 257 g/mol. The van der Waals surface area contributed by atoms with Gasteiger partial charge in [0.1, 0.15) is 5.82 Å². The minimum absolute atomic E-state index is 0.162. The van der Waals surface area contributed by atoms with E-state index in [1.54, 1.807) is 6.07 Å². The van der Waals surface area contributed by atoms with Gasteiger partial charge in [0, 0.05) is 12.1 Å². The minimum Gasteiger partial charge on any atom is -0.316 e. The van der Waals surface area contributed by atoms with Crippen molar-refractivity contribution in [3.8, 4) is 11.1 Å². The van der Waals surface area contributed by atoms with Gasteiger partial charge >= 0.3 is 0 Å². The second-order valence-electron chi connectivity index (χ2n) is 5.12. The second-order valence-corrected chi connectivity index (χ2v) is 5.12. The highest BCUT2D eigenvalue weighted by molar-refractivity contribution is 5.64. The van der Waals surface area contributed by atoms with Crippen LogP contribution in [0.15, 0.2) is 42.5 Å². The molecule has 0 aromatic heterocycles. The zero-order valence-corrected chi connectivity index (χ0v) is 11.7. The summed E-state index contributed by atoms with van der Waals surface area (Å²) >= 11 is 0. The zero-order chi connectivity index (χ0) is 13.8. The lowest BCUT2D eigenvalue weighted by Gasteiger charge is -2.09. The van der Waals surface area contributed by atoms with Gasteiger partial charge in [0.15, 0.2) is 0 Å². The monoisotopic (exact) mass is 257 g/mol. The van der Waals surface area contributed by atoms with Crippen molar-refractivity contribution in [3.63, 3.8) is 0 Å². The van der Waals surface area contributed by atoms with Crippen molar-refractivity contribution in [1.29, 1.82) is 0 Å². The first kappa shape index (κ1) is 13.8. The van der Waals surface area contributed by atoms with Crippen LogP contribution in [0.2, 0.25) is 0 Å². The Morgan fingerprint density at radius 2 is 1.74 bits per heavy atom. The van der Waals surface area contributed by atoms with Crippen molar-refractivity contribution in [3.05, 3.63) is 59.4 Å². The first-order chi connectivity index (χ1) is 9.11. The molecule has 0 bridgehead atoms. The molecule has 0 spiro atoms. The van der Waals surface area contributed by atoms with Gasteiger partial charge in [-0.2, -0.15) is 0 Å². The first-order valence-corrected chi connectivity index (χ1v) is 6.65. The summed E-state index contributed by atoms with van der Waals surface area (Å²) in [7, 11) is 1.86. The molecule has 1 nitrogen and oxygen atoms in total. The molecular weight excluding hydrogens is 237 g/mol. The molecule has 0 saturated heterocycles. The van der Waals surface area contributed by atoms with Gasteiger partial charge in [-0.05, 0) is 35.7 Å². The van der Waals surface area contributed by atoms with Crippen LogP contribution in [0.1, 0.15) is 30.9 Å². The Kier molecular flexibility index (Phi) is 4.33. The quantitative estimate of drug-likeness (QED) is 0.859. The number of benzene rings is 2. The Morgan fingerprint density at radius 3 is 2.26 bits per heavy atom. The molecule has 2 heteroatoms. The fourth-order valence-corrected chi connectivity index (χ4v) is 2.15. The molecule has 1 N–H and O–H groups in total. The summed E-state index contributed by atoms with van der Waals surface area (Å²) in [5.41, 5.74) is 3.83. The predicted octanol–water partition coefficient (Wildman–Crippen LogP) is 4.34. The Labute approximate surface area is 114 Å². The molecule has 0 saturated carbocycles. The molecule has 0 radical (unpaired) electrons. The maximum absolute atomic E-state index is 14.1. The van der Waals surface area contributed by atoms with Crippen LogP contribution in [0.4, 0.5) is 4.39 Å². The SMILES string of the molecule is CNCc1ccc(-c2ccc(C(C)C)cc2)c(F)c1. The number of nitrogens with one attached hydrogen (secondary N) is 1. The van der Waals surface area contributed by atoms with E-state index in [0.29, 0.717) is 18.0 Å². The standard InChI is InChI=1S/C17H20FN/c1-12(2)14-5-7-15(8-6-14)16-9-4-13(11-19-3)10-17(16)18/h4-10,12,19H,11H2,1-3H3. The van der Waals surface area contributed by atoms with E-state index in [4.69, 9.17) is 0 Å². The second kappa shape index (κ2) is 5.98. The van der Waals surface area contributed by atoms with E-state index in [9.17, 15) is 4.39 Å². The van der Waals surface area contributed by atoms with E-state index in [1.807, 2.05) is 31.3 Å². The maximum Gasteiger partial charge on any atom is 0.131 e. The summed E-state index contributed by atoms with van der Waals surface area (Å²) in [6.07, 6.45) is 0. The summed E-state index contributed by atoms with van der Waals surface area (Å²) in [5, 5.41) is 3.02. The molecule has 0 heterocycles. The molecule has 0 unspecified atom stereocenters. The van der Waals surface area contributed by atoms with Gasteiger partial charge in [-0.15, -0.1) is 0 Å². The normalized spacial score (nSPS) is 11.0. The molecule has 0 aliphatic heterocycles. The molecule has 0 amide bonds. The van der Waals surface area contributed by atoms with E-state index in [0.717, 1.165) is 11.1 Å². The Morgan fingerprint density at radius 1 is 1.05 bits per heavy atom. The third-order valence-electron chi connectivity index (χ3n) is 3.30. The number of halogens is 1. The van der Waals surface area contributed by atoms with Gasteiger partial charge in [0.05, 0.1) is 0 Å². The lowest BCUT2D eigenvalue weighted by Crippen LogP contribution is -2.05.